The summed E-state index contributed by atoms with van der Waals surface area (Å²) >= 11 is 0. The fourth-order valence-electron chi connectivity index (χ4n) is 1.31. The largest absolute Gasteiger partial charge is 0.366 e. The molecule has 0 spiro atoms. The maximum absolute atomic E-state index is 4.07. The first kappa shape index (κ1) is 11.0. The highest BCUT2D eigenvalue weighted by molar-refractivity contribution is 5.33. The second-order valence-corrected chi connectivity index (χ2v) is 3.75. The van der Waals surface area contributed by atoms with E-state index >= 15 is 0 Å². The van der Waals surface area contributed by atoms with Crippen molar-refractivity contribution in [2.45, 2.75) is 46.1 Å². The van der Waals surface area contributed by atoms with Gasteiger partial charge >= 0.3 is 0 Å². The standard InChI is InChI=1S/C11H19N3/c1-4-5-6-9(2)12-11-8-7-10(3)13-14-11/h7-9H,4-6H2,1-3H3,(H,12,14). The molecule has 1 N–H and O–H groups in total. The normalized spacial score (nSPS) is 12.5. The molecule has 14 heavy (non-hydrogen) atoms. The molecule has 0 aromatic carbocycles. The van der Waals surface area contributed by atoms with Crippen LogP contribution in [0.4, 0.5) is 5.82 Å². The minimum atomic E-state index is 0.479. The average molecular weight is 193 g/mol. The van der Waals surface area contributed by atoms with Crippen molar-refractivity contribution in [3.63, 3.8) is 0 Å². The Balaban J connectivity index is 2.39. The van der Waals surface area contributed by atoms with E-state index in [2.05, 4.69) is 29.4 Å². The van der Waals surface area contributed by atoms with Gasteiger partial charge in [0, 0.05) is 6.04 Å². The Hall–Kier alpha value is -1.12. The second kappa shape index (κ2) is 5.58. The van der Waals surface area contributed by atoms with Gasteiger partial charge in [0.25, 0.3) is 0 Å². The van der Waals surface area contributed by atoms with Crippen molar-refractivity contribution in [1.29, 1.82) is 0 Å². The smallest absolute Gasteiger partial charge is 0.148 e. The van der Waals surface area contributed by atoms with Crippen molar-refractivity contribution >= 4 is 5.82 Å². The van der Waals surface area contributed by atoms with Gasteiger partial charge in [0.15, 0.2) is 0 Å². The van der Waals surface area contributed by atoms with Crippen LogP contribution >= 0.6 is 0 Å². The Morgan fingerprint density at radius 1 is 1.36 bits per heavy atom. The van der Waals surface area contributed by atoms with E-state index in [0.717, 1.165) is 11.5 Å². The predicted molar refractivity (Wildman–Crippen MR) is 59.4 cm³/mol. The third kappa shape index (κ3) is 3.73. The van der Waals surface area contributed by atoms with Gasteiger partial charge in [-0.05, 0) is 32.4 Å². The van der Waals surface area contributed by atoms with Crippen LogP contribution in [-0.4, -0.2) is 16.2 Å². The summed E-state index contributed by atoms with van der Waals surface area (Å²) in [6.07, 6.45) is 3.69. The Morgan fingerprint density at radius 3 is 2.71 bits per heavy atom. The van der Waals surface area contributed by atoms with Crippen molar-refractivity contribution in [3.05, 3.63) is 17.8 Å². The van der Waals surface area contributed by atoms with Crippen molar-refractivity contribution in [3.8, 4) is 0 Å². The molecule has 1 unspecified atom stereocenters. The van der Waals surface area contributed by atoms with E-state index in [1.807, 2.05) is 19.1 Å². The Bertz CT molecular complexity index is 256. The third-order valence-electron chi connectivity index (χ3n) is 2.18. The summed E-state index contributed by atoms with van der Waals surface area (Å²) in [7, 11) is 0. The van der Waals surface area contributed by atoms with E-state index in [1.165, 1.54) is 19.3 Å². The highest BCUT2D eigenvalue weighted by Crippen LogP contribution is 2.07. The molecule has 1 rings (SSSR count). The number of aryl methyl sites for hydroxylation is 1. The van der Waals surface area contributed by atoms with Gasteiger partial charge < -0.3 is 5.32 Å². The SMILES string of the molecule is CCCCC(C)Nc1ccc(C)nn1. The molecular formula is C11H19N3. The van der Waals surface area contributed by atoms with Crippen LogP contribution in [0, 0.1) is 6.92 Å². The molecule has 0 aliphatic heterocycles. The molecule has 1 heterocycles. The monoisotopic (exact) mass is 193 g/mol. The molecule has 0 amide bonds. The Kier molecular flexibility index (Phi) is 4.36. The van der Waals surface area contributed by atoms with Gasteiger partial charge in [-0.3, -0.25) is 0 Å². The molecule has 0 bridgehead atoms. The maximum Gasteiger partial charge on any atom is 0.148 e. The van der Waals surface area contributed by atoms with Crippen LogP contribution in [0.15, 0.2) is 12.1 Å². The molecule has 0 aliphatic carbocycles. The van der Waals surface area contributed by atoms with E-state index in [4.69, 9.17) is 0 Å². The molecule has 0 saturated heterocycles. The number of unbranched alkanes of at least 4 members (excludes halogenated alkanes) is 1. The lowest BCUT2D eigenvalue weighted by Gasteiger charge is -2.13. The van der Waals surface area contributed by atoms with Crippen LogP contribution in [-0.2, 0) is 0 Å². The number of rotatable bonds is 5. The van der Waals surface area contributed by atoms with Crippen LogP contribution in [0.2, 0.25) is 0 Å². The highest BCUT2D eigenvalue weighted by atomic mass is 15.2. The van der Waals surface area contributed by atoms with Crippen molar-refractivity contribution in [2.75, 3.05) is 5.32 Å². The quantitative estimate of drug-likeness (QED) is 0.781. The van der Waals surface area contributed by atoms with Gasteiger partial charge in [0.05, 0.1) is 5.69 Å². The van der Waals surface area contributed by atoms with E-state index < -0.39 is 0 Å². The number of nitrogens with one attached hydrogen (secondary N) is 1. The fraction of sp³-hybridized carbons (Fsp3) is 0.636. The number of hydrogen-bond donors (Lipinski definition) is 1. The molecule has 3 nitrogen and oxygen atoms in total. The van der Waals surface area contributed by atoms with Gasteiger partial charge in [-0.25, -0.2) is 0 Å². The number of nitrogens with zero attached hydrogens (tertiary/aromatic N) is 2. The summed E-state index contributed by atoms with van der Waals surface area (Å²) in [5, 5.41) is 11.4. The Morgan fingerprint density at radius 2 is 2.14 bits per heavy atom. The van der Waals surface area contributed by atoms with Crippen LogP contribution < -0.4 is 5.32 Å². The van der Waals surface area contributed by atoms with Gasteiger partial charge in [-0.1, -0.05) is 19.8 Å². The topological polar surface area (TPSA) is 37.8 Å². The summed E-state index contributed by atoms with van der Waals surface area (Å²) in [5.74, 6) is 0.874. The summed E-state index contributed by atoms with van der Waals surface area (Å²) < 4.78 is 0. The first-order valence-corrected chi connectivity index (χ1v) is 5.29. The van der Waals surface area contributed by atoms with E-state index in [1.54, 1.807) is 0 Å². The summed E-state index contributed by atoms with van der Waals surface area (Å²) in [4.78, 5) is 0. The summed E-state index contributed by atoms with van der Waals surface area (Å²) in [6.45, 7) is 6.33. The van der Waals surface area contributed by atoms with Crippen molar-refractivity contribution in [2.24, 2.45) is 0 Å². The van der Waals surface area contributed by atoms with E-state index in [9.17, 15) is 0 Å². The van der Waals surface area contributed by atoms with Crippen LogP contribution in [0.5, 0.6) is 0 Å². The minimum Gasteiger partial charge on any atom is -0.366 e. The molecule has 0 saturated carbocycles. The zero-order valence-electron chi connectivity index (χ0n) is 9.25. The van der Waals surface area contributed by atoms with Gasteiger partial charge in [-0.15, -0.1) is 5.10 Å². The minimum absolute atomic E-state index is 0.479. The van der Waals surface area contributed by atoms with Crippen LogP contribution in [0.1, 0.15) is 38.8 Å². The molecule has 1 atom stereocenters. The average Bonchev–Trinajstić information content (AvgIpc) is 2.18. The lowest BCUT2D eigenvalue weighted by Crippen LogP contribution is -2.16. The number of aromatic nitrogens is 2. The summed E-state index contributed by atoms with van der Waals surface area (Å²) in [5.41, 5.74) is 0.955. The van der Waals surface area contributed by atoms with Crippen LogP contribution in [0.3, 0.4) is 0 Å². The zero-order valence-corrected chi connectivity index (χ0v) is 9.25. The third-order valence-corrected chi connectivity index (χ3v) is 2.18. The lowest BCUT2D eigenvalue weighted by atomic mass is 10.1. The first-order valence-electron chi connectivity index (χ1n) is 5.29. The molecule has 1 aromatic rings. The Labute approximate surface area is 85.9 Å². The molecular weight excluding hydrogens is 174 g/mol. The molecule has 0 radical (unpaired) electrons. The first-order chi connectivity index (χ1) is 6.72. The highest BCUT2D eigenvalue weighted by Gasteiger charge is 2.01. The van der Waals surface area contributed by atoms with Gasteiger partial charge in [0.1, 0.15) is 5.82 Å². The number of anilines is 1. The molecule has 3 heteroatoms. The zero-order chi connectivity index (χ0) is 10.4. The maximum atomic E-state index is 4.07. The van der Waals surface area contributed by atoms with Gasteiger partial charge in [-0.2, -0.15) is 5.10 Å². The molecule has 0 fully saturated rings. The number of hydrogen-bond acceptors (Lipinski definition) is 3. The summed E-state index contributed by atoms with van der Waals surface area (Å²) in [6, 6.07) is 4.43. The van der Waals surface area contributed by atoms with E-state index in [-0.39, 0.29) is 0 Å². The van der Waals surface area contributed by atoms with Crippen molar-refractivity contribution in [1.82, 2.24) is 10.2 Å². The van der Waals surface area contributed by atoms with Crippen LogP contribution in [0.25, 0.3) is 0 Å². The predicted octanol–water partition coefficient (Wildman–Crippen LogP) is 2.78. The molecule has 78 valence electrons. The van der Waals surface area contributed by atoms with Gasteiger partial charge in [0.2, 0.25) is 0 Å². The molecule has 1 aromatic heterocycles. The van der Waals surface area contributed by atoms with E-state index in [0.29, 0.717) is 6.04 Å². The van der Waals surface area contributed by atoms with Crippen molar-refractivity contribution < 1.29 is 0 Å². The second-order valence-electron chi connectivity index (χ2n) is 3.75. The molecule has 0 aliphatic rings. The fourth-order valence-corrected chi connectivity index (χ4v) is 1.31. The lowest BCUT2D eigenvalue weighted by molar-refractivity contribution is 0.642.